The highest BCUT2D eigenvalue weighted by atomic mass is 35.5. The summed E-state index contributed by atoms with van der Waals surface area (Å²) in [7, 11) is 0. The average molecular weight is 345 g/mol. The molecule has 1 N–H and O–H groups in total. The van der Waals surface area contributed by atoms with E-state index >= 15 is 0 Å². The van der Waals surface area contributed by atoms with Gasteiger partial charge in [-0.15, -0.1) is 0 Å². The van der Waals surface area contributed by atoms with Crippen molar-refractivity contribution < 1.29 is 14.4 Å². The van der Waals surface area contributed by atoms with Gasteiger partial charge in [0.25, 0.3) is 5.91 Å². The molecule has 4 amide bonds. The zero-order valence-electron chi connectivity index (χ0n) is 12.5. The van der Waals surface area contributed by atoms with Crippen molar-refractivity contribution in [1.29, 1.82) is 0 Å². The minimum absolute atomic E-state index is 0.0880. The Kier molecular flexibility index (Phi) is 4.43. The molecule has 0 aliphatic carbocycles. The average Bonchev–Trinajstić information content (AvgIpc) is 2.86. The molecule has 1 fully saturated rings. The number of carbonyl (C=O) groups is 3. The molecule has 122 valence electrons. The highest BCUT2D eigenvalue weighted by Crippen LogP contribution is 2.20. The maximum absolute atomic E-state index is 12.4. The molecule has 0 saturated carbocycles. The molecule has 0 atom stereocenters. The number of hydrogen-bond acceptors (Lipinski definition) is 4. The molecule has 1 aliphatic rings. The molecule has 1 aliphatic heterocycles. The number of amides is 4. The fourth-order valence-corrected chi connectivity index (χ4v) is 2.39. The Bertz CT molecular complexity index is 780. The van der Waals surface area contributed by atoms with Gasteiger partial charge < -0.3 is 5.32 Å². The van der Waals surface area contributed by atoms with Crippen LogP contribution in [0.15, 0.2) is 48.7 Å². The minimum Gasteiger partial charge on any atom is -0.309 e. The zero-order valence-corrected chi connectivity index (χ0v) is 13.2. The van der Waals surface area contributed by atoms with E-state index in [-0.39, 0.29) is 13.1 Å². The fourth-order valence-electron chi connectivity index (χ4n) is 2.28. The lowest BCUT2D eigenvalue weighted by molar-refractivity contribution is -0.128. The van der Waals surface area contributed by atoms with Gasteiger partial charge in [-0.3, -0.25) is 19.4 Å². The van der Waals surface area contributed by atoms with Crippen molar-refractivity contribution in [2.45, 2.75) is 0 Å². The van der Waals surface area contributed by atoms with Crippen molar-refractivity contribution in [3.8, 4) is 0 Å². The van der Waals surface area contributed by atoms with E-state index in [1.165, 1.54) is 17.2 Å². The molecule has 0 unspecified atom stereocenters. The van der Waals surface area contributed by atoms with Gasteiger partial charge in [-0.25, -0.2) is 9.78 Å². The number of para-hydroxylation sites is 1. The van der Waals surface area contributed by atoms with Gasteiger partial charge in [0, 0.05) is 11.9 Å². The largest absolute Gasteiger partial charge is 0.332 e. The summed E-state index contributed by atoms with van der Waals surface area (Å²) in [4.78, 5) is 42.6. The first-order valence-electron chi connectivity index (χ1n) is 7.13. The molecule has 0 bridgehead atoms. The Morgan fingerprint density at radius 3 is 2.58 bits per heavy atom. The highest BCUT2D eigenvalue weighted by molar-refractivity contribution is 6.30. The number of rotatable bonds is 4. The second-order valence-corrected chi connectivity index (χ2v) is 5.53. The lowest BCUT2D eigenvalue weighted by atomic mass is 10.3. The Morgan fingerprint density at radius 2 is 1.92 bits per heavy atom. The standard InChI is InChI=1S/C16H13ClN4O3/c17-11-6-7-13(18-8-11)19-14(22)9-21-15(23)10-20(16(21)24)12-4-2-1-3-5-12/h1-8H,9-10H2,(H,18,19,22). The van der Waals surface area contributed by atoms with Crippen molar-refractivity contribution in [2.75, 3.05) is 23.3 Å². The summed E-state index contributed by atoms with van der Waals surface area (Å²) < 4.78 is 0. The summed E-state index contributed by atoms with van der Waals surface area (Å²) in [6.07, 6.45) is 1.39. The van der Waals surface area contributed by atoms with E-state index in [1.54, 1.807) is 30.3 Å². The third kappa shape index (κ3) is 3.36. The topological polar surface area (TPSA) is 82.6 Å². The molecule has 0 spiro atoms. The Balaban J connectivity index is 1.66. The van der Waals surface area contributed by atoms with Gasteiger partial charge in [0.05, 0.1) is 5.02 Å². The first-order chi connectivity index (χ1) is 11.5. The number of hydrogen-bond donors (Lipinski definition) is 1. The van der Waals surface area contributed by atoms with Crippen molar-refractivity contribution >= 4 is 41.0 Å². The van der Waals surface area contributed by atoms with Crippen LogP contribution in [0.5, 0.6) is 0 Å². The maximum atomic E-state index is 12.4. The van der Waals surface area contributed by atoms with Crippen molar-refractivity contribution in [3.63, 3.8) is 0 Å². The van der Waals surface area contributed by atoms with Gasteiger partial charge in [0.15, 0.2) is 0 Å². The van der Waals surface area contributed by atoms with E-state index in [4.69, 9.17) is 11.6 Å². The number of nitrogens with one attached hydrogen (secondary N) is 1. The number of carbonyl (C=O) groups excluding carboxylic acids is 3. The van der Waals surface area contributed by atoms with Crippen LogP contribution in [0.3, 0.4) is 0 Å². The molecule has 0 radical (unpaired) electrons. The molecule has 2 heterocycles. The number of anilines is 2. The zero-order chi connectivity index (χ0) is 17.1. The molecular weight excluding hydrogens is 332 g/mol. The number of halogens is 1. The van der Waals surface area contributed by atoms with E-state index in [0.29, 0.717) is 16.5 Å². The van der Waals surface area contributed by atoms with Crippen LogP contribution in [-0.2, 0) is 9.59 Å². The summed E-state index contributed by atoms with van der Waals surface area (Å²) in [5.74, 6) is -0.645. The van der Waals surface area contributed by atoms with Gasteiger partial charge in [0.1, 0.15) is 18.9 Å². The normalized spacial score (nSPS) is 14.2. The van der Waals surface area contributed by atoms with Crippen LogP contribution >= 0.6 is 11.6 Å². The van der Waals surface area contributed by atoms with Gasteiger partial charge >= 0.3 is 6.03 Å². The predicted octanol–water partition coefficient (Wildman–Crippen LogP) is 2.14. The summed E-state index contributed by atoms with van der Waals surface area (Å²) in [6, 6.07) is 11.4. The van der Waals surface area contributed by atoms with E-state index in [0.717, 1.165) is 4.90 Å². The summed E-state index contributed by atoms with van der Waals surface area (Å²) >= 11 is 5.72. The number of imide groups is 1. The monoisotopic (exact) mass is 344 g/mol. The molecule has 8 heteroatoms. The summed E-state index contributed by atoms with van der Waals surface area (Å²) in [5.41, 5.74) is 0.609. The number of aromatic nitrogens is 1. The van der Waals surface area contributed by atoms with E-state index in [2.05, 4.69) is 10.3 Å². The highest BCUT2D eigenvalue weighted by Gasteiger charge is 2.37. The lowest BCUT2D eigenvalue weighted by Crippen LogP contribution is -2.39. The van der Waals surface area contributed by atoms with E-state index in [1.807, 2.05) is 6.07 Å². The van der Waals surface area contributed by atoms with Crippen LogP contribution in [0.4, 0.5) is 16.3 Å². The lowest BCUT2D eigenvalue weighted by Gasteiger charge is -2.16. The fraction of sp³-hybridized carbons (Fsp3) is 0.125. The van der Waals surface area contributed by atoms with Crippen LogP contribution in [-0.4, -0.2) is 40.8 Å². The van der Waals surface area contributed by atoms with Gasteiger partial charge in [-0.2, -0.15) is 0 Å². The Hall–Kier alpha value is -2.93. The van der Waals surface area contributed by atoms with Crippen LogP contribution in [0.2, 0.25) is 5.02 Å². The summed E-state index contributed by atoms with van der Waals surface area (Å²) in [6.45, 7) is -0.458. The minimum atomic E-state index is -0.523. The van der Waals surface area contributed by atoms with Crippen LogP contribution in [0.1, 0.15) is 0 Å². The maximum Gasteiger partial charge on any atom is 0.332 e. The number of pyridine rings is 1. The number of urea groups is 1. The predicted molar refractivity (Wildman–Crippen MR) is 88.8 cm³/mol. The molecule has 24 heavy (non-hydrogen) atoms. The molecule has 1 aromatic heterocycles. The third-order valence-corrected chi connectivity index (χ3v) is 3.64. The second-order valence-electron chi connectivity index (χ2n) is 5.09. The van der Waals surface area contributed by atoms with Crippen molar-refractivity contribution in [3.05, 3.63) is 53.7 Å². The Morgan fingerprint density at radius 1 is 1.17 bits per heavy atom. The van der Waals surface area contributed by atoms with Crippen LogP contribution < -0.4 is 10.2 Å². The molecule has 7 nitrogen and oxygen atoms in total. The van der Waals surface area contributed by atoms with E-state index in [9.17, 15) is 14.4 Å². The van der Waals surface area contributed by atoms with Gasteiger partial charge in [0.2, 0.25) is 5.91 Å². The SMILES string of the molecule is O=C(CN1C(=O)CN(c2ccccc2)C1=O)Nc1ccc(Cl)cn1. The third-order valence-electron chi connectivity index (χ3n) is 3.42. The smallest absolute Gasteiger partial charge is 0.309 e. The molecule has 1 aromatic carbocycles. The first-order valence-corrected chi connectivity index (χ1v) is 7.51. The quantitative estimate of drug-likeness (QED) is 0.861. The molecule has 2 aromatic rings. The first kappa shape index (κ1) is 15.9. The molecule has 1 saturated heterocycles. The van der Waals surface area contributed by atoms with Crippen molar-refractivity contribution in [2.24, 2.45) is 0 Å². The second kappa shape index (κ2) is 6.67. The number of nitrogens with zero attached hydrogens (tertiary/aromatic N) is 3. The van der Waals surface area contributed by atoms with Crippen molar-refractivity contribution in [1.82, 2.24) is 9.88 Å². The van der Waals surface area contributed by atoms with Gasteiger partial charge in [-0.1, -0.05) is 29.8 Å². The van der Waals surface area contributed by atoms with E-state index < -0.39 is 17.8 Å². The Labute approximate surface area is 142 Å². The summed E-state index contributed by atoms with van der Waals surface area (Å²) in [5, 5.41) is 2.96. The van der Waals surface area contributed by atoms with Crippen LogP contribution in [0, 0.1) is 0 Å². The van der Waals surface area contributed by atoms with Crippen LogP contribution in [0.25, 0.3) is 0 Å². The number of benzene rings is 1. The molecular formula is C16H13ClN4O3. The van der Waals surface area contributed by atoms with Gasteiger partial charge in [-0.05, 0) is 24.3 Å². The molecule has 3 rings (SSSR count).